The van der Waals surface area contributed by atoms with Crippen molar-refractivity contribution >= 4 is 11.9 Å². The molecule has 4 heteroatoms. The first-order chi connectivity index (χ1) is 7.91. The van der Waals surface area contributed by atoms with E-state index in [9.17, 15) is 9.59 Å². The summed E-state index contributed by atoms with van der Waals surface area (Å²) in [4.78, 5) is 23.1. The summed E-state index contributed by atoms with van der Waals surface area (Å²) >= 11 is 0. The van der Waals surface area contributed by atoms with Crippen molar-refractivity contribution in [2.75, 3.05) is 0 Å². The molecule has 2 aliphatic rings. The van der Waals surface area contributed by atoms with Crippen LogP contribution in [-0.4, -0.2) is 24.1 Å². The Hall–Kier alpha value is -1.58. The Labute approximate surface area is 100 Å². The number of hydrogen-bond acceptors (Lipinski definition) is 4. The second kappa shape index (κ2) is 4.02. The van der Waals surface area contributed by atoms with Gasteiger partial charge in [-0.05, 0) is 18.4 Å². The number of esters is 2. The Morgan fingerprint density at radius 3 is 2.76 bits per heavy atom. The van der Waals surface area contributed by atoms with Gasteiger partial charge in [0.1, 0.15) is 6.10 Å². The van der Waals surface area contributed by atoms with E-state index >= 15 is 0 Å². The first kappa shape index (κ1) is 11.9. The van der Waals surface area contributed by atoms with Crippen molar-refractivity contribution in [3.05, 3.63) is 24.3 Å². The van der Waals surface area contributed by atoms with Gasteiger partial charge in [0, 0.05) is 12.0 Å². The minimum atomic E-state index is -0.531. The van der Waals surface area contributed by atoms with Gasteiger partial charge in [-0.3, -0.25) is 4.79 Å². The van der Waals surface area contributed by atoms with E-state index < -0.39 is 12.1 Å². The molecule has 1 saturated heterocycles. The normalized spacial score (nSPS) is 35.4. The van der Waals surface area contributed by atoms with E-state index in [-0.39, 0.29) is 23.9 Å². The molecule has 0 aromatic carbocycles. The van der Waals surface area contributed by atoms with Crippen LogP contribution in [0.5, 0.6) is 0 Å². The van der Waals surface area contributed by atoms with Crippen LogP contribution in [0.2, 0.25) is 0 Å². The molecular formula is C13H16O4. The molecule has 17 heavy (non-hydrogen) atoms. The van der Waals surface area contributed by atoms with Crippen LogP contribution in [0.4, 0.5) is 0 Å². The molecule has 2 fully saturated rings. The first-order valence-corrected chi connectivity index (χ1v) is 5.67. The van der Waals surface area contributed by atoms with Crippen molar-refractivity contribution in [2.24, 2.45) is 11.8 Å². The Balaban J connectivity index is 2.17. The third-order valence-electron chi connectivity index (χ3n) is 3.53. The van der Waals surface area contributed by atoms with Crippen molar-refractivity contribution in [1.29, 1.82) is 0 Å². The second-order valence-electron chi connectivity index (χ2n) is 4.79. The molecule has 1 heterocycles. The van der Waals surface area contributed by atoms with Gasteiger partial charge in [-0.2, -0.15) is 0 Å². The van der Waals surface area contributed by atoms with E-state index in [1.54, 1.807) is 6.92 Å². The van der Waals surface area contributed by atoms with Gasteiger partial charge in [0.05, 0.1) is 5.92 Å². The third kappa shape index (κ3) is 1.88. The highest BCUT2D eigenvalue weighted by Gasteiger charge is 2.50. The summed E-state index contributed by atoms with van der Waals surface area (Å²) in [6.07, 6.45) is -0.302. The van der Waals surface area contributed by atoms with Crippen LogP contribution in [0, 0.1) is 11.8 Å². The van der Waals surface area contributed by atoms with E-state index in [0.717, 1.165) is 5.57 Å². The molecule has 2 rings (SSSR count). The van der Waals surface area contributed by atoms with Gasteiger partial charge in [0.25, 0.3) is 0 Å². The van der Waals surface area contributed by atoms with Gasteiger partial charge >= 0.3 is 11.9 Å². The summed E-state index contributed by atoms with van der Waals surface area (Å²) < 4.78 is 10.5. The fourth-order valence-corrected chi connectivity index (χ4v) is 2.35. The zero-order valence-corrected chi connectivity index (χ0v) is 10.1. The van der Waals surface area contributed by atoms with Gasteiger partial charge in [0.2, 0.25) is 0 Å². The van der Waals surface area contributed by atoms with Gasteiger partial charge in [-0.25, -0.2) is 4.79 Å². The molecule has 0 N–H and O–H groups in total. The maximum atomic E-state index is 11.6. The fourth-order valence-electron chi connectivity index (χ4n) is 2.35. The van der Waals surface area contributed by atoms with E-state index in [1.807, 2.05) is 6.92 Å². The highest BCUT2D eigenvalue weighted by Crippen LogP contribution is 2.42. The summed E-state index contributed by atoms with van der Waals surface area (Å²) in [6.45, 7) is 11.0. The molecule has 0 aromatic heterocycles. The maximum absolute atomic E-state index is 11.6. The molecule has 0 radical (unpaired) electrons. The van der Waals surface area contributed by atoms with Crippen LogP contribution in [-0.2, 0) is 19.1 Å². The molecule has 1 saturated carbocycles. The number of rotatable bonds is 2. The van der Waals surface area contributed by atoms with E-state index in [0.29, 0.717) is 12.0 Å². The van der Waals surface area contributed by atoms with Gasteiger partial charge in [-0.1, -0.05) is 20.1 Å². The predicted octanol–water partition coefficient (Wildman–Crippen LogP) is 1.61. The topological polar surface area (TPSA) is 52.6 Å². The molecule has 92 valence electrons. The Morgan fingerprint density at radius 1 is 1.53 bits per heavy atom. The van der Waals surface area contributed by atoms with E-state index in [1.165, 1.54) is 0 Å². The molecular weight excluding hydrogens is 220 g/mol. The smallest absolute Gasteiger partial charge is 0.333 e. The number of carbonyl (C=O) groups is 2. The number of fused-ring (bicyclic) bond motifs is 2. The molecule has 4 nitrogen and oxygen atoms in total. The number of ether oxygens (including phenoxy) is 2. The maximum Gasteiger partial charge on any atom is 0.333 e. The molecule has 1 aliphatic carbocycles. The molecule has 0 amide bonds. The summed E-state index contributed by atoms with van der Waals surface area (Å²) in [5, 5.41) is 0. The number of hydrogen-bond donors (Lipinski definition) is 0. The predicted molar refractivity (Wildman–Crippen MR) is 61.0 cm³/mol. The van der Waals surface area contributed by atoms with Crippen molar-refractivity contribution in [1.82, 2.24) is 0 Å². The highest BCUT2D eigenvalue weighted by molar-refractivity contribution is 5.87. The summed E-state index contributed by atoms with van der Waals surface area (Å²) in [5.41, 5.74) is 1.09. The van der Waals surface area contributed by atoms with Crippen molar-refractivity contribution in [3.63, 3.8) is 0 Å². The van der Waals surface area contributed by atoms with Crippen LogP contribution in [0.1, 0.15) is 20.3 Å². The summed E-state index contributed by atoms with van der Waals surface area (Å²) in [7, 11) is 0. The molecule has 0 spiro atoms. The lowest BCUT2D eigenvalue weighted by Crippen LogP contribution is -2.38. The largest absolute Gasteiger partial charge is 0.458 e. The average molecular weight is 236 g/mol. The zero-order valence-electron chi connectivity index (χ0n) is 10.1. The Kier molecular flexibility index (Phi) is 2.81. The van der Waals surface area contributed by atoms with Crippen LogP contribution >= 0.6 is 0 Å². The van der Waals surface area contributed by atoms with Crippen LogP contribution < -0.4 is 0 Å². The standard InChI is InChI=1S/C13H16O4/c1-6(2)12(14)17-11-8(4)7(3)9-5-10(11)16-13(9)15/h7,9-11H,1,4-5H2,2-3H3. The molecule has 1 aliphatic heterocycles. The molecule has 0 aromatic rings. The van der Waals surface area contributed by atoms with Crippen molar-refractivity contribution < 1.29 is 19.1 Å². The van der Waals surface area contributed by atoms with Gasteiger partial charge < -0.3 is 9.47 Å². The molecule has 2 bridgehead atoms. The fraction of sp³-hybridized carbons (Fsp3) is 0.538. The lowest BCUT2D eigenvalue weighted by atomic mass is 9.76. The monoisotopic (exact) mass is 236 g/mol. The lowest BCUT2D eigenvalue weighted by molar-refractivity contribution is -0.155. The summed E-state index contributed by atoms with van der Waals surface area (Å²) in [6, 6.07) is 0. The van der Waals surface area contributed by atoms with Crippen molar-refractivity contribution in [2.45, 2.75) is 32.5 Å². The Bertz CT molecular complexity index is 410. The minimum absolute atomic E-state index is 0.0100. The van der Waals surface area contributed by atoms with Crippen LogP contribution in [0.3, 0.4) is 0 Å². The lowest BCUT2D eigenvalue weighted by Gasteiger charge is -2.31. The van der Waals surface area contributed by atoms with Crippen LogP contribution in [0.25, 0.3) is 0 Å². The second-order valence-corrected chi connectivity index (χ2v) is 4.79. The Morgan fingerprint density at radius 2 is 2.18 bits per heavy atom. The quantitative estimate of drug-likeness (QED) is 0.415. The van der Waals surface area contributed by atoms with E-state index in [4.69, 9.17) is 9.47 Å². The number of carbonyl (C=O) groups excluding carboxylic acids is 2. The third-order valence-corrected chi connectivity index (χ3v) is 3.53. The SMILES string of the molecule is C=C(C)C(=O)OC1C(=C)C(C)C2CC1OC2=O. The van der Waals surface area contributed by atoms with E-state index in [2.05, 4.69) is 13.2 Å². The average Bonchev–Trinajstić information content (AvgIpc) is 2.61. The summed E-state index contributed by atoms with van der Waals surface area (Å²) in [5.74, 6) is -0.821. The molecule has 4 unspecified atom stereocenters. The van der Waals surface area contributed by atoms with Crippen molar-refractivity contribution in [3.8, 4) is 0 Å². The van der Waals surface area contributed by atoms with Gasteiger partial charge in [-0.15, -0.1) is 0 Å². The zero-order chi connectivity index (χ0) is 12.7. The van der Waals surface area contributed by atoms with Crippen LogP contribution in [0.15, 0.2) is 24.3 Å². The highest BCUT2D eigenvalue weighted by atomic mass is 16.6. The minimum Gasteiger partial charge on any atom is -0.458 e. The first-order valence-electron chi connectivity index (χ1n) is 5.67. The molecule has 4 atom stereocenters. The van der Waals surface area contributed by atoms with Gasteiger partial charge in [0.15, 0.2) is 6.10 Å².